The van der Waals surface area contributed by atoms with E-state index >= 15 is 4.39 Å². The van der Waals surface area contributed by atoms with Crippen LogP contribution in [0.1, 0.15) is 34.1 Å². The Morgan fingerprint density at radius 2 is 1.80 bits per heavy atom. The van der Waals surface area contributed by atoms with Crippen LogP contribution in [0, 0.1) is 5.82 Å². The molecule has 1 aliphatic carbocycles. The second kappa shape index (κ2) is 11.9. The van der Waals surface area contributed by atoms with Crippen molar-refractivity contribution >= 4 is 63.4 Å². The van der Waals surface area contributed by atoms with Gasteiger partial charge in [-0.2, -0.15) is 0 Å². The molecule has 3 aromatic rings. The SMILES string of the molecule is O=C(Cc1cccs1)NC1C(=O)N2C(C(=O)O)=C(CN3CCN(c4cc5c(cc4F)c(=O)c(C(=O)O)cn5C4CC4)CC3)CS[C@H]12. The number of carboxylic acid groups (broad SMARTS) is 2. The van der Waals surface area contributed by atoms with E-state index in [-0.39, 0.29) is 35.0 Å². The molecule has 0 radical (unpaired) electrons. The molecule has 1 unspecified atom stereocenters. The minimum atomic E-state index is -1.34. The topological polar surface area (TPSA) is 152 Å². The fraction of sp³-hybridized carbons (Fsp3) is 0.387. The number of carbonyl (C=O) groups is 4. The molecule has 4 aliphatic rings. The predicted molar refractivity (Wildman–Crippen MR) is 170 cm³/mol. The van der Waals surface area contributed by atoms with Gasteiger partial charge in [0.1, 0.15) is 28.5 Å². The number of carboxylic acids is 2. The highest BCUT2D eigenvalue weighted by Gasteiger charge is 2.54. The number of hydrogen-bond acceptors (Lipinski definition) is 9. The van der Waals surface area contributed by atoms with E-state index < -0.39 is 40.5 Å². The molecule has 0 spiro atoms. The molecule has 7 rings (SSSR count). The van der Waals surface area contributed by atoms with Gasteiger partial charge >= 0.3 is 11.9 Å². The Hall–Kier alpha value is -4.21. The highest BCUT2D eigenvalue weighted by Crippen LogP contribution is 2.41. The molecule has 46 heavy (non-hydrogen) atoms. The van der Waals surface area contributed by atoms with E-state index in [9.17, 15) is 34.2 Å². The molecule has 12 nitrogen and oxygen atoms in total. The number of β-lactam (4-membered cyclic amide) rings is 1. The summed E-state index contributed by atoms with van der Waals surface area (Å²) in [6, 6.07) is 5.74. The number of thioether (sulfide) groups is 1. The van der Waals surface area contributed by atoms with E-state index in [0.29, 0.717) is 55.3 Å². The Kier molecular flexibility index (Phi) is 7.85. The number of benzene rings is 1. The number of hydrogen-bond donors (Lipinski definition) is 3. The molecule has 2 atom stereocenters. The molecule has 3 fully saturated rings. The van der Waals surface area contributed by atoms with E-state index in [2.05, 4.69) is 10.2 Å². The maximum atomic E-state index is 15.4. The van der Waals surface area contributed by atoms with Gasteiger partial charge < -0.3 is 25.0 Å². The van der Waals surface area contributed by atoms with Gasteiger partial charge in [0.15, 0.2) is 0 Å². The van der Waals surface area contributed by atoms with Crippen LogP contribution in [0.5, 0.6) is 0 Å². The molecular formula is C31H30FN5O7S2. The van der Waals surface area contributed by atoms with Crippen LogP contribution in [0.4, 0.5) is 10.1 Å². The third-order valence-electron chi connectivity index (χ3n) is 8.88. The van der Waals surface area contributed by atoms with Gasteiger partial charge in [-0.1, -0.05) is 6.07 Å². The largest absolute Gasteiger partial charge is 0.477 e. The zero-order chi connectivity index (χ0) is 32.3. The van der Waals surface area contributed by atoms with Crippen LogP contribution in [0.2, 0.25) is 0 Å². The number of fused-ring (bicyclic) bond motifs is 2. The Morgan fingerprint density at radius 3 is 2.46 bits per heavy atom. The first-order valence-electron chi connectivity index (χ1n) is 14.9. The summed E-state index contributed by atoms with van der Waals surface area (Å²) in [7, 11) is 0. The summed E-state index contributed by atoms with van der Waals surface area (Å²) >= 11 is 2.88. The normalized spacial score (nSPS) is 21.7. The standard InChI is InChI=1S/C31H30FN5O7S2/c32-21-11-19-22(36(17-3-4-17)14-20(27(19)39)30(41)42)12-23(21)35-7-5-34(6-8-35)13-16-15-46-29-25(28(40)37(29)26(16)31(43)44)33-24(38)10-18-2-1-9-45-18/h1-2,9,11-12,14,17,25,29H,3-8,10,13,15H2,(H,33,38)(H,41,42)(H,43,44)/t25?,29-/m1/s1. The predicted octanol–water partition coefficient (Wildman–Crippen LogP) is 2.34. The first-order valence-corrected chi connectivity index (χ1v) is 16.8. The molecule has 2 amide bonds. The summed E-state index contributed by atoms with van der Waals surface area (Å²) in [6.07, 6.45) is 3.22. The van der Waals surface area contributed by atoms with E-state index in [1.54, 1.807) is 10.6 Å². The van der Waals surface area contributed by atoms with Crippen molar-refractivity contribution < 1.29 is 33.8 Å². The molecule has 5 heterocycles. The maximum Gasteiger partial charge on any atom is 0.352 e. The number of amides is 2. The minimum absolute atomic E-state index is 0.0396. The van der Waals surface area contributed by atoms with Crippen LogP contribution in [-0.2, 0) is 20.8 Å². The summed E-state index contributed by atoms with van der Waals surface area (Å²) in [5, 5.41) is 23.8. The van der Waals surface area contributed by atoms with Gasteiger partial charge in [0.05, 0.1) is 17.6 Å². The molecular weight excluding hydrogens is 638 g/mol. The van der Waals surface area contributed by atoms with Crippen molar-refractivity contribution in [1.82, 2.24) is 19.7 Å². The Bertz CT molecular complexity index is 1860. The average molecular weight is 668 g/mol. The van der Waals surface area contributed by atoms with Crippen LogP contribution in [0.25, 0.3) is 10.9 Å². The van der Waals surface area contributed by atoms with Crippen LogP contribution in [0.3, 0.4) is 0 Å². The molecule has 0 bridgehead atoms. The van der Waals surface area contributed by atoms with Gasteiger partial charge in [0.2, 0.25) is 11.3 Å². The number of aromatic nitrogens is 1. The van der Waals surface area contributed by atoms with Crippen LogP contribution >= 0.6 is 23.1 Å². The molecule has 3 aliphatic heterocycles. The fourth-order valence-electron chi connectivity index (χ4n) is 6.43. The summed E-state index contributed by atoms with van der Waals surface area (Å²) < 4.78 is 17.2. The van der Waals surface area contributed by atoms with E-state index in [1.807, 2.05) is 22.4 Å². The second-order valence-corrected chi connectivity index (χ2v) is 14.0. The zero-order valence-electron chi connectivity index (χ0n) is 24.5. The first kappa shape index (κ1) is 30.4. The summed E-state index contributed by atoms with van der Waals surface area (Å²) in [4.78, 5) is 68.5. The van der Waals surface area contributed by atoms with Crippen LogP contribution in [-0.4, -0.2) is 98.2 Å². The fourth-order valence-corrected chi connectivity index (χ4v) is 8.46. The highest BCUT2D eigenvalue weighted by atomic mass is 32.2. The number of anilines is 1. The number of halogens is 1. The first-order chi connectivity index (χ1) is 22.1. The van der Waals surface area contributed by atoms with E-state index in [1.165, 1.54) is 34.2 Å². The minimum Gasteiger partial charge on any atom is -0.477 e. The van der Waals surface area contributed by atoms with Gasteiger partial charge in [0, 0.05) is 61.0 Å². The number of aromatic carboxylic acids is 1. The van der Waals surface area contributed by atoms with Crippen molar-refractivity contribution in [3.05, 3.63) is 73.6 Å². The molecule has 240 valence electrons. The number of carbonyl (C=O) groups excluding carboxylic acids is 2. The van der Waals surface area contributed by atoms with Crippen molar-refractivity contribution in [2.75, 3.05) is 43.4 Å². The molecule has 15 heteroatoms. The van der Waals surface area contributed by atoms with Crippen LogP contribution in [0.15, 0.2) is 51.9 Å². The Labute approximate surface area is 270 Å². The Balaban J connectivity index is 1.04. The quantitative estimate of drug-likeness (QED) is 0.290. The van der Waals surface area contributed by atoms with Crippen molar-refractivity contribution in [3.63, 3.8) is 0 Å². The lowest BCUT2D eigenvalue weighted by molar-refractivity contribution is -0.150. The van der Waals surface area contributed by atoms with Gasteiger partial charge in [0.25, 0.3) is 5.91 Å². The summed E-state index contributed by atoms with van der Waals surface area (Å²) in [5.41, 5.74) is 0.303. The molecule has 1 saturated carbocycles. The highest BCUT2D eigenvalue weighted by molar-refractivity contribution is 8.00. The second-order valence-electron chi connectivity index (χ2n) is 11.9. The lowest BCUT2D eigenvalue weighted by Crippen LogP contribution is -2.70. The smallest absolute Gasteiger partial charge is 0.352 e. The number of nitrogens with one attached hydrogen (secondary N) is 1. The van der Waals surface area contributed by atoms with Crippen molar-refractivity contribution in [1.29, 1.82) is 0 Å². The number of piperazine rings is 1. The molecule has 2 saturated heterocycles. The van der Waals surface area contributed by atoms with E-state index in [0.717, 1.165) is 23.8 Å². The average Bonchev–Trinajstić information content (AvgIpc) is 3.75. The molecule has 1 aromatic carbocycles. The third kappa shape index (κ3) is 5.45. The van der Waals surface area contributed by atoms with Gasteiger partial charge in [-0.15, -0.1) is 23.1 Å². The number of aliphatic carboxylic acids is 1. The lowest BCUT2D eigenvalue weighted by Gasteiger charge is -2.50. The summed E-state index contributed by atoms with van der Waals surface area (Å²) in [5.74, 6) is -3.48. The van der Waals surface area contributed by atoms with Crippen molar-refractivity contribution in [2.24, 2.45) is 0 Å². The van der Waals surface area contributed by atoms with Crippen molar-refractivity contribution in [3.8, 4) is 0 Å². The number of rotatable bonds is 9. The van der Waals surface area contributed by atoms with Gasteiger partial charge in [-0.3, -0.25) is 24.2 Å². The van der Waals surface area contributed by atoms with E-state index in [4.69, 9.17) is 0 Å². The molecule has 3 N–H and O–H groups in total. The van der Waals surface area contributed by atoms with Crippen molar-refractivity contribution in [2.45, 2.75) is 36.7 Å². The molecule has 2 aromatic heterocycles. The maximum absolute atomic E-state index is 15.4. The zero-order valence-corrected chi connectivity index (χ0v) is 26.1. The monoisotopic (exact) mass is 667 g/mol. The van der Waals surface area contributed by atoms with Crippen LogP contribution < -0.4 is 15.6 Å². The van der Waals surface area contributed by atoms with Gasteiger partial charge in [-0.05, 0) is 42.0 Å². The Morgan fingerprint density at radius 1 is 1.04 bits per heavy atom. The number of nitrogens with zero attached hydrogens (tertiary/aromatic N) is 4. The lowest BCUT2D eigenvalue weighted by atomic mass is 10.0. The summed E-state index contributed by atoms with van der Waals surface area (Å²) in [6.45, 7) is 2.22. The number of thiophene rings is 1. The van der Waals surface area contributed by atoms with Gasteiger partial charge in [-0.25, -0.2) is 14.0 Å². The third-order valence-corrected chi connectivity index (χ3v) is 11.1. The number of pyridine rings is 1.